The number of aryl methyl sites for hydroxylation is 2. The van der Waals surface area contributed by atoms with Crippen LogP contribution in [0.4, 0.5) is 4.39 Å². The van der Waals surface area contributed by atoms with E-state index in [4.69, 9.17) is 0 Å². The predicted octanol–water partition coefficient (Wildman–Crippen LogP) is 3.34. The smallest absolute Gasteiger partial charge is 0.127 e. The van der Waals surface area contributed by atoms with Crippen molar-refractivity contribution in [2.75, 3.05) is 13.1 Å². The van der Waals surface area contributed by atoms with Gasteiger partial charge in [-0.15, -0.1) is 0 Å². The largest absolute Gasteiger partial charge is 0.317 e. The van der Waals surface area contributed by atoms with Crippen molar-refractivity contribution >= 4 is 0 Å². The Kier molecular flexibility index (Phi) is 3.53. The maximum atomic E-state index is 14.3. The molecule has 1 N–H and O–H groups in total. The summed E-state index contributed by atoms with van der Waals surface area (Å²) in [5.41, 5.74) is 3.19. The fraction of sp³-hybridized carbons (Fsp3) is 0.600. The molecule has 1 heterocycles. The highest BCUT2D eigenvalue weighted by Crippen LogP contribution is 2.37. The lowest BCUT2D eigenvalue weighted by atomic mass is 9.72. The van der Waals surface area contributed by atoms with Crippen molar-refractivity contribution in [1.82, 2.24) is 5.32 Å². The first-order valence-electron chi connectivity index (χ1n) is 6.57. The van der Waals surface area contributed by atoms with Crippen LogP contribution in [0.15, 0.2) is 12.1 Å². The third kappa shape index (κ3) is 2.37. The van der Waals surface area contributed by atoms with Gasteiger partial charge in [-0.25, -0.2) is 4.39 Å². The van der Waals surface area contributed by atoms with Gasteiger partial charge in [0.25, 0.3) is 0 Å². The zero-order chi connectivity index (χ0) is 12.5. The van der Waals surface area contributed by atoms with Gasteiger partial charge in [-0.3, -0.25) is 0 Å². The van der Waals surface area contributed by atoms with Crippen molar-refractivity contribution in [3.63, 3.8) is 0 Å². The zero-order valence-corrected chi connectivity index (χ0v) is 11.1. The zero-order valence-electron chi connectivity index (χ0n) is 11.1. The first kappa shape index (κ1) is 12.6. The van der Waals surface area contributed by atoms with Crippen molar-refractivity contribution in [3.8, 4) is 0 Å². The summed E-state index contributed by atoms with van der Waals surface area (Å²) in [6.07, 6.45) is 2.97. The molecule has 0 saturated carbocycles. The van der Waals surface area contributed by atoms with Crippen LogP contribution in [-0.4, -0.2) is 13.1 Å². The van der Waals surface area contributed by atoms with E-state index < -0.39 is 0 Å². The maximum Gasteiger partial charge on any atom is 0.127 e. The van der Waals surface area contributed by atoms with Crippen LogP contribution >= 0.6 is 0 Å². The van der Waals surface area contributed by atoms with Crippen molar-refractivity contribution in [2.45, 2.75) is 45.4 Å². The monoisotopic (exact) mass is 235 g/mol. The van der Waals surface area contributed by atoms with E-state index in [-0.39, 0.29) is 11.2 Å². The highest BCUT2D eigenvalue weighted by Gasteiger charge is 2.33. The van der Waals surface area contributed by atoms with E-state index in [1.54, 1.807) is 6.07 Å². The number of piperidine rings is 1. The van der Waals surface area contributed by atoms with Crippen LogP contribution in [0, 0.1) is 12.7 Å². The molecule has 0 atom stereocenters. The van der Waals surface area contributed by atoms with Gasteiger partial charge in [-0.05, 0) is 67.4 Å². The minimum absolute atomic E-state index is 0.00810. The van der Waals surface area contributed by atoms with Crippen molar-refractivity contribution < 1.29 is 4.39 Å². The van der Waals surface area contributed by atoms with Crippen LogP contribution in [0.3, 0.4) is 0 Å². The highest BCUT2D eigenvalue weighted by molar-refractivity contribution is 5.38. The minimum atomic E-state index is -0.00810. The van der Waals surface area contributed by atoms with Gasteiger partial charge in [0, 0.05) is 0 Å². The molecule has 1 aliphatic heterocycles. The van der Waals surface area contributed by atoms with Gasteiger partial charge >= 0.3 is 0 Å². The normalized spacial score (nSPS) is 19.3. The molecule has 0 aromatic heterocycles. The fourth-order valence-electron chi connectivity index (χ4n) is 3.00. The second kappa shape index (κ2) is 4.77. The van der Waals surface area contributed by atoms with Crippen LogP contribution in [0.2, 0.25) is 0 Å². The third-order valence-electron chi connectivity index (χ3n) is 4.01. The molecule has 0 spiro atoms. The second-order valence-corrected chi connectivity index (χ2v) is 5.45. The highest BCUT2D eigenvalue weighted by atomic mass is 19.1. The Morgan fingerprint density at radius 2 is 1.94 bits per heavy atom. The summed E-state index contributed by atoms with van der Waals surface area (Å²) in [4.78, 5) is 0. The molecule has 0 aliphatic carbocycles. The van der Waals surface area contributed by atoms with Gasteiger partial charge < -0.3 is 5.32 Å². The molecule has 1 nitrogen and oxygen atoms in total. The molecule has 1 saturated heterocycles. The molecular formula is C15H22FN. The summed E-state index contributed by atoms with van der Waals surface area (Å²) in [6.45, 7) is 8.28. The molecular weight excluding hydrogens is 213 g/mol. The van der Waals surface area contributed by atoms with E-state index in [0.717, 1.165) is 43.5 Å². The lowest BCUT2D eigenvalue weighted by Crippen LogP contribution is -2.39. The number of nitrogens with one attached hydrogen (secondary N) is 1. The van der Waals surface area contributed by atoms with Crippen LogP contribution in [0.25, 0.3) is 0 Å². The first-order valence-corrected chi connectivity index (χ1v) is 6.57. The molecule has 0 radical (unpaired) electrons. The summed E-state index contributed by atoms with van der Waals surface area (Å²) in [5.74, 6) is -0.00810. The van der Waals surface area contributed by atoms with Crippen molar-refractivity contribution in [2.24, 2.45) is 0 Å². The Morgan fingerprint density at radius 1 is 1.29 bits per heavy atom. The van der Waals surface area contributed by atoms with Crippen LogP contribution in [0.1, 0.15) is 43.4 Å². The Hall–Kier alpha value is -0.890. The van der Waals surface area contributed by atoms with Crippen molar-refractivity contribution in [1.29, 1.82) is 0 Å². The molecule has 1 aromatic rings. The topological polar surface area (TPSA) is 12.0 Å². The Labute approximate surface area is 103 Å². The number of halogens is 1. The lowest BCUT2D eigenvalue weighted by Gasteiger charge is -2.36. The molecule has 1 fully saturated rings. The number of benzene rings is 1. The van der Waals surface area contributed by atoms with Gasteiger partial charge in [0.2, 0.25) is 0 Å². The number of hydrogen-bond donors (Lipinski definition) is 1. The van der Waals surface area contributed by atoms with E-state index in [9.17, 15) is 4.39 Å². The van der Waals surface area contributed by atoms with Gasteiger partial charge in [0.05, 0.1) is 0 Å². The molecule has 2 rings (SSSR count). The summed E-state index contributed by atoms with van der Waals surface area (Å²) < 4.78 is 14.3. The van der Waals surface area contributed by atoms with E-state index in [1.165, 1.54) is 5.56 Å². The number of rotatable bonds is 2. The van der Waals surface area contributed by atoms with Crippen LogP contribution < -0.4 is 5.32 Å². The minimum Gasteiger partial charge on any atom is -0.317 e. The fourth-order valence-corrected chi connectivity index (χ4v) is 3.00. The average molecular weight is 235 g/mol. The van der Waals surface area contributed by atoms with Gasteiger partial charge in [0.1, 0.15) is 5.82 Å². The van der Waals surface area contributed by atoms with E-state index in [0.29, 0.717) is 0 Å². The third-order valence-corrected chi connectivity index (χ3v) is 4.01. The van der Waals surface area contributed by atoms with E-state index in [1.807, 2.05) is 6.92 Å². The average Bonchev–Trinajstić information content (AvgIpc) is 2.28. The van der Waals surface area contributed by atoms with Gasteiger partial charge in [-0.1, -0.05) is 19.9 Å². The van der Waals surface area contributed by atoms with Gasteiger partial charge in [-0.2, -0.15) is 0 Å². The predicted molar refractivity (Wildman–Crippen MR) is 70.0 cm³/mol. The maximum absolute atomic E-state index is 14.3. The van der Waals surface area contributed by atoms with E-state index >= 15 is 0 Å². The summed E-state index contributed by atoms with van der Waals surface area (Å²) in [5, 5.41) is 3.36. The molecule has 1 aromatic carbocycles. The second-order valence-electron chi connectivity index (χ2n) is 5.45. The number of hydrogen-bond acceptors (Lipinski definition) is 1. The van der Waals surface area contributed by atoms with Crippen LogP contribution in [-0.2, 0) is 11.8 Å². The summed E-state index contributed by atoms with van der Waals surface area (Å²) in [6, 6.07) is 3.83. The Morgan fingerprint density at radius 3 is 2.53 bits per heavy atom. The lowest BCUT2D eigenvalue weighted by molar-refractivity contribution is 0.322. The molecule has 0 bridgehead atoms. The first-order chi connectivity index (χ1) is 8.07. The van der Waals surface area contributed by atoms with E-state index in [2.05, 4.69) is 25.2 Å². The summed E-state index contributed by atoms with van der Waals surface area (Å²) in [7, 11) is 0. The molecule has 0 amide bonds. The molecule has 0 unspecified atom stereocenters. The SMILES string of the molecule is CCc1cc(C)cc(F)c1C1(C)CCNCC1. The Balaban J connectivity index is 2.49. The van der Waals surface area contributed by atoms with Crippen molar-refractivity contribution in [3.05, 3.63) is 34.6 Å². The van der Waals surface area contributed by atoms with Crippen LogP contribution in [0.5, 0.6) is 0 Å². The Bertz CT molecular complexity index is 406. The molecule has 2 heteroatoms. The van der Waals surface area contributed by atoms with Gasteiger partial charge in [0.15, 0.2) is 0 Å². The molecule has 94 valence electrons. The quantitative estimate of drug-likeness (QED) is 0.829. The summed E-state index contributed by atoms with van der Waals surface area (Å²) >= 11 is 0. The molecule has 17 heavy (non-hydrogen) atoms. The molecule has 1 aliphatic rings. The standard InChI is InChI=1S/C15H22FN/c1-4-12-9-11(2)10-13(16)14(12)15(3)5-7-17-8-6-15/h9-10,17H,4-8H2,1-3H3.